The van der Waals surface area contributed by atoms with Gasteiger partial charge >= 0.3 is 0 Å². The molecular formula is C18H14F2N2O. The van der Waals surface area contributed by atoms with E-state index in [1.807, 2.05) is 19.9 Å². The van der Waals surface area contributed by atoms with Crippen LogP contribution in [0.2, 0.25) is 0 Å². The molecule has 1 amide bonds. The van der Waals surface area contributed by atoms with Crippen molar-refractivity contribution in [2.75, 3.05) is 5.32 Å². The van der Waals surface area contributed by atoms with Gasteiger partial charge in [-0.1, -0.05) is 6.07 Å². The Balaban J connectivity index is 2.26. The van der Waals surface area contributed by atoms with Gasteiger partial charge in [-0.2, -0.15) is 5.26 Å². The van der Waals surface area contributed by atoms with Crippen molar-refractivity contribution in [3.63, 3.8) is 0 Å². The maximum Gasteiger partial charge on any atom is 0.266 e. The number of hydrogen-bond donors (Lipinski definition) is 1. The van der Waals surface area contributed by atoms with E-state index >= 15 is 0 Å². The molecule has 0 radical (unpaired) electrons. The van der Waals surface area contributed by atoms with Crippen molar-refractivity contribution in [2.45, 2.75) is 13.8 Å². The SMILES string of the molecule is Cc1ccc(NC(=O)/C(C#N)=C/c2ccc(F)cc2F)cc1C. The standard InChI is InChI=1S/C18H14F2N2O/c1-11-3-6-16(7-12(11)2)22-18(23)14(10-21)8-13-4-5-15(19)9-17(13)20/h3-9H,1-2H3,(H,22,23)/b14-8+. The van der Waals surface area contributed by atoms with Crippen molar-refractivity contribution in [2.24, 2.45) is 0 Å². The van der Waals surface area contributed by atoms with E-state index in [9.17, 15) is 13.6 Å². The second-order valence-corrected chi connectivity index (χ2v) is 5.09. The fraction of sp³-hybridized carbons (Fsp3) is 0.111. The zero-order valence-corrected chi connectivity index (χ0v) is 12.7. The normalized spacial score (nSPS) is 11.0. The Morgan fingerprint density at radius 3 is 2.48 bits per heavy atom. The summed E-state index contributed by atoms with van der Waals surface area (Å²) in [7, 11) is 0. The molecule has 0 heterocycles. The number of nitrogens with one attached hydrogen (secondary N) is 1. The molecule has 0 bridgehead atoms. The minimum absolute atomic E-state index is 0.0295. The average molecular weight is 312 g/mol. The molecule has 0 saturated carbocycles. The first-order chi connectivity index (χ1) is 10.9. The molecule has 23 heavy (non-hydrogen) atoms. The van der Waals surface area contributed by atoms with E-state index in [0.717, 1.165) is 23.3 Å². The van der Waals surface area contributed by atoms with Crippen LogP contribution in [-0.2, 0) is 4.79 Å². The molecule has 0 spiro atoms. The zero-order valence-electron chi connectivity index (χ0n) is 12.7. The smallest absolute Gasteiger partial charge is 0.266 e. The number of nitriles is 1. The number of nitrogens with zero attached hydrogens (tertiary/aromatic N) is 1. The van der Waals surface area contributed by atoms with Crippen LogP contribution in [-0.4, -0.2) is 5.91 Å². The summed E-state index contributed by atoms with van der Waals surface area (Å²) in [6.07, 6.45) is 1.09. The van der Waals surface area contributed by atoms with Gasteiger partial charge in [-0.25, -0.2) is 8.78 Å². The molecule has 0 aliphatic heterocycles. The van der Waals surface area contributed by atoms with Crippen LogP contribution in [0, 0.1) is 36.8 Å². The van der Waals surface area contributed by atoms with Crippen LogP contribution in [0.25, 0.3) is 6.08 Å². The first-order valence-electron chi connectivity index (χ1n) is 6.86. The van der Waals surface area contributed by atoms with E-state index in [-0.39, 0.29) is 11.1 Å². The Morgan fingerprint density at radius 2 is 1.87 bits per heavy atom. The van der Waals surface area contributed by atoms with Crippen molar-refractivity contribution >= 4 is 17.7 Å². The number of hydrogen-bond acceptors (Lipinski definition) is 2. The molecule has 0 saturated heterocycles. The Bertz CT molecular complexity index is 835. The Kier molecular flexibility index (Phi) is 4.87. The van der Waals surface area contributed by atoms with Crippen LogP contribution in [0.15, 0.2) is 42.0 Å². The molecule has 2 aromatic carbocycles. The van der Waals surface area contributed by atoms with E-state index in [4.69, 9.17) is 5.26 Å². The zero-order chi connectivity index (χ0) is 17.0. The van der Waals surface area contributed by atoms with E-state index in [1.165, 1.54) is 6.07 Å². The number of aryl methyl sites for hydroxylation is 2. The van der Waals surface area contributed by atoms with Gasteiger partial charge in [0.05, 0.1) is 0 Å². The predicted molar refractivity (Wildman–Crippen MR) is 84.5 cm³/mol. The summed E-state index contributed by atoms with van der Waals surface area (Å²) in [5.41, 5.74) is 2.31. The summed E-state index contributed by atoms with van der Waals surface area (Å²) < 4.78 is 26.5. The number of carbonyl (C=O) groups excluding carboxylic acids is 1. The summed E-state index contributed by atoms with van der Waals surface area (Å²) in [6, 6.07) is 10.00. The third-order valence-corrected chi connectivity index (χ3v) is 3.39. The lowest BCUT2D eigenvalue weighted by Crippen LogP contribution is -2.13. The molecule has 2 aromatic rings. The molecular weight excluding hydrogens is 298 g/mol. The molecule has 116 valence electrons. The van der Waals surface area contributed by atoms with Crippen molar-refractivity contribution in [1.82, 2.24) is 0 Å². The van der Waals surface area contributed by atoms with Gasteiger partial charge in [0.1, 0.15) is 23.3 Å². The molecule has 0 aliphatic rings. The summed E-state index contributed by atoms with van der Waals surface area (Å²) in [5.74, 6) is -2.21. The van der Waals surface area contributed by atoms with Crippen molar-refractivity contribution in [3.8, 4) is 6.07 Å². The van der Waals surface area contributed by atoms with Crippen LogP contribution in [0.4, 0.5) is 14.5 Å². The number of rotatable bonds is 3. The van der Waals surface area contributed by atoms with Gasteiger partial charge in [-0.3, -0.25) is 4.79 Å². The monoisotopic (exact) mass is 312 g/mol. The summed E-state index contributed by atoms with van der Waals surface area (Å²) in [6.45, 7) is 3.85. The number of anilines is 1. The lowest BCUT2D eigenvalue weighted by atomic mass is 10.1. The molecule has 3 nitrogen and oxygen atoms in total. The lowest BCUT2D eigenvalue weighted by Gasteiger charge is -2.07. The molecule has 1 N–H and O–H groups in total. The number of halogens is 2. The third kappa shape index (κ3) is 4.01. The van der Waals surface area contributed by atoms with E-state index in [0.29, 0.717) is 11.8 Å². The molecule has 0 aliphatic carbocycles. The van der Waals surface area contributed by atoms with E-state index in [1.54, 1.807) is 18.2 Å². The first-order valence-corrected chi connectivity index (χ1v) is 6.86. The summed E-state index contributed by atoms with van der Waals surface area (Å²) in [4.78, 5) is 12.1. The van der Waals surface area contributed by atoms with Crippen LogP contribution in [0.5, 0.6) is 0 Å². The highest BCUT2D eigenvalue weighted by atomic mass is 19.1. The predicted octanol–water partition coefficient (Wildman–Crippen LogP) is 4.13. The Hall–Kier alpha value is -3.00. The quantitative estimate of drug-likeness (QED) is 0.684. The lowest BCUT2D eigenvalue weighted by molar-refractivity contribution is -0.112. The minimum atomic E-state index is -0.836. The maximum absolute atomic E-state index is 13.6. The van der Waals surface area contributed by atoms with Gasteiger partial charge in [0.25, 0.3) is 5.91 Å². The highest BCUT2D eigenvalue weighted by Gasteiger charge is 2.11. The molecule has 2 rings (SSSR count). The van der Waals surface area contributed by atoms with Crippen LogP contribution in [0.1, 0.15) is 16.7 Å². The highest BCUT2D eigenvalue weighted by Crippen LogP contribution is 2.17. The van der Waals surface area contributed by atoms with Gasteiger partial charge in [0.2, 0.25) is 0 Å². The van der Waals surface area contributed by atoms with Gasteiger partial charge in [-0.15, -0.1) is 0 Å². The molecule has 0 atom stereocenters. The van der Waals surface area contributed by atoms with Gasteiger partial charge < -0.3 is 5.32 Å². The molecule has 0 unspecified atom stereocenters. The summed E-state index contributed by atoms with van der Waals surface area (Å²) >= 11 is 0. The first kappa shape index (κ1) is 16.4. The molecule has 0 aromatic heterocycles. The molecule has 0 fully saturated rings. The summed E-state index contributed by atoms with van der Waals surface area (Å²) in [5, 5.41) is 11.7. The second-order valence-electron chi connectivity index (χ2n) is 5.09. The van der Waals surface area contributed by atoms with Crippen LogP contribution >= 0.6 is 0 Å². The number of amides is 1. The molecule has 5 heteroatoms. The minimum Gasteiger partial charge on any atom is -0.321 e. The maximum atomic E-state index is 13.6. The second kappa shape index (κ2) is 6.84. The van der Waals surface area contributed by atoms with Crippen molar-refractivity contribution in [1.29, 1.82) is 5.26 Å². The van der Waals surface area contributed by atoms with Crippen molar-refractivity contribution in [3.05, 3.63) is 70.3 Å². The highest BCUT2D eigenvalue weighted by molar-refractivity contribution is 6.09. The van der Waals surface area contributed by atoms with Crippen molar-refractivity contribution < 1.29 is 13.6 Å². The van der Waals surface area contributed by atoms with Crippen LogP contribution in [0.3, 0.4) is 0 Å². The van der Waals surface area contributed by atoms with E-state index < -0.39 is 17.5 Å². The topological polar surface area (TPSA) is 52.9 Å². The fourth-order valence-electron chi connectivity index (χ4n) is 1.94. The average Bonchev–Trinajstić information content (AvgIpc) is 2.50. The largest absolute Gasteiger partial charge is 0.321 e. The Labute approximate surface area is 132 Å². The van der Waals surface area contributed by atoms with Crippen LogP contribution < -0.4 is 5.32 Å². The van der Waals surface area contributed by atoms with Gasteiger partial charge in [-0.05, 0) is 55.3 Å². The van der Waals surface area contributed by atoms with E-state index in [2.05, 4.69) is 5.32 Å². The van der Waals surface area contributed by atoms with Gasteiger partial charge in [0, 0.05) is 17.3 Å². The third-order valence-electron chi connectivity index (χ3n) is 3.39. The van der Waals surface area contributed by atoms with Gasteiger partial charge in [0.15, 0.2) is 0 Å². The fourth-order valence-corrected chi connectivity index (χ4v) is 1.94. The Morgan fingerprint density at radius 1 is 1.13 bits per heavy atom. The number of benzene rings is 2. The number of carbonyl (C=O) groups is 1.